The van der Waals surface area contributed by atoms with Gasteiger partial charge in [0, 0.05) is 49.5 Å². The molecule has 9 heteroatoms. The maximum atomic E-state index is 13.1. The maximum absolute atomic E-state index is 13.1. The molecular weight excluding hydrogens is 558 g/mol. The number of pyridine rings is 2. The number of aliphatic hydroxyl groups excluding tert-OH is 1. The normalized spacial score (nSPS) is 18.9. The number of likely N-dealkylation sites (tertiary alicyclic amines) is 1. The molecule has 0 saturated carbocycles. The highest BCUT2D eigenvalue weighted by molar-refractivity contribution is 8.04. The summed E-state index contributed by atoms with van der Waals surface area (Å²) in [6.07, 6.45) is 10.3. The van der Waals surface area contributed by atoms with Gasteiger partial charge in [-0.1, -0.05) is 24.3 Å². The van der Waals surface area contributed by atoms with Crippen LogP contribution in [0.4, 0.5) is 17.2 Å². The minimum atomic E-state index is -0.340. The molecule has 1 aliphatic carbocycles. The van der Waals surface area contributed by atoms with Gasteiger partial charge in [0.05, 0.1) is 16.9 Å². The summed E-state index contributed by atoms with van der Waals surface area (Å²) in [5.41, 5.74) is 7.40. The van der Waals surface area contributed by atoms with E-state index in [2.05, 4.69) is 41.3 Å². The van der Waals surface area contributed by atoms with Crippen molar-refractivity contribution in [1.29, 1.82) is 0 Å². The predicted octanol–water partition coefficient (Wildman–Crippen LogP) is 6.36. The third-order valence-electron chi connectivity index (χ3n) is 8.78. The average molecular weight is 598 g/mol. The zero-order valence-corrected chi connectivity index (χ0v) is 25.7. The summed E-state index contributed by atoms with van der Waals surface area (Å²) in [4.78, 5) is 33.7. The lowest BCUT2D eigenvalue weighted by Crippen LogP contribution is -2.40. The third kappa shape index (κ3) is 6.28. The van der Waals surface area contributed by atoms with E-state index in [4.69, 9.17) is 0 Å². The van der Waals surface area contributed by atoms with Crippen molar-refractivity contribution in [1.82, 2.24) is 14.5 Å². The van der Waals surface area contributed by atoms with Gasteiger partial charge in [-0.2, -0.15) is 0 Å². The highest BCUT2D eigenvalue weighted by Crippen LogP contribution is 2.47. The molecule has 4 heterocycles. The van der Waals surface area contributed by atoms with Crippen molar-refractivity contribution in [3.8, 4) is 11.1 Å². The van der Waals surface area contributed by atoms with E-state index in [9.17, 15) is 14.7 Å². The summed E-state index contributed by atoms with van der Waals surface area (Å²) < 4.78 is 1.57. The quantitative estimate of drug-likeness (QED) is 0.292. The van der Waals surface area contributed by atoms with Gasteiger partial charge in [-0.3, -0.25) is 9.59 Å². The first-order valence-corrected chi connectivity index (χ1v) is 16.0. The number of carbonyl (C=O) groups excluding carboxylic acids is 1. The summed E-state index contributed by atoms with van der Waals surface area (Å²) >= 11 is 1.98. The molecular formula is C34H39N5O3S. The van der Waals surface area contributed by atoms with Gasteiger partial charge in [-0.15, -0.1) is 11.8 Å². The van der Waals surface area contributed by atoms with Gasteiger partial charge in [-0.05, 0) is 92.2 Å². The third-order valence-corrected chi connectivity index (χ3v) is 10.3. The topological polar surface area (TPSA) is 99.5 Å². The highest BCUT2D eigenvalue weighted by atomic mass is 32.2. The van der Waals surface area contributed by atoms with Crippen molar-refractivity contribution in [2.45, 2.75) is 63.2 Å². The predicted molar refractivity (Wildman–Crippen MR) is 175 cm³/mol. The fourth-order valence-electron chi connectivity index (χ4n) is 6.20. The molecule has 43 heavy (non-hydrogen) atoms. The monoisotopic (exact) mass is 597 g/mol. The molecule has 0 radical (unpaired) electrons. The van der Waals surface area contributed by atoms with Gasteiger partial charge in [0.15, 0.2) is 0 Å². The van der Waals surface area contributed by atoms with Crippen molar-refractivity contribution in [3.05, 3.63) is 93.0 Å². The number of rotatable bonds is 7. The van der Waals surface area contributed by atoms with Gasteiger partial charge < -0.3 is 25.2 Å². The number of benzene rings is 1. The van der Waals surface area contributed by atoms with Crippen LogP contribution >= 0.6 is 11.8 Å². The lowest BCUT2D eigenvalue weighted by atomic mass is 9.95. The largest absolute Gasteiger partial charge is 0.393 e. The van der Waals surface area contributed by atoms with Crippen LogP contribution in [0.5, 0.6) is 0 Å². The Balaban J connectivity index is 1.18. The average Bonchev–Trinajstić information content (AvgIpc) is 3.46. The fourth-order valence-corrected chi connectivity index (χ4v) is 7.64. The van der Waals surface area contributed by atoms with E-state index >= 15 is 0 Å². The molecule has 1 unspecified atom stereocenters. The fraction of sp³-hybridized carbons (Fsp3) is 0.382. The van der Waals surface area contributed by atoms with Gasteiger partial charge in [-0.25, -0.2) is 4.98 Å². The van der Waals surface area contributed by atoms with Gasteiger partial charge in [0.25, 0.3) is 11.5 Å². The molecule has 3 aliphatic rings. The Morgan fingerprint density at radius 1 is 1.12 bits per heavy atom. The van der Waals surface area contributed by atoms with Crippen LogP contribution in [0, 0.1) is 6.92 Å². The molecule has 8 nitrogen and oxygen atoms in total. The van der Waals surface area contributed by atoms with Gasteiger partial charge >= 0.3 is 0 Å². The van der Waals surface area contributed by atoms with E-state index < -0.39 is 0 Å². The smallest absolute Gasteiger partial charge is 0.274 e. The molecule has 1 fully saturated rings. The van der Waals surface area contributed by atoms with E-state index in [1.54, 1.807) is 39.1 Å². The molecule has 2 aliphatic heterocycles. The number of allylic oxidation sites excluding steroid dienone is 2. The van der Waals surface area contributed by atoms with Gasteiger partial charge in [0.1, 0.15) is 11.5 Å². The zero-order chi connectivity index (χ0) is 30.1. The second-order valence-corrected chi connectivity index (χ2v) is 13.1. The van der Waals surface area contributed by atoms with Crippen molar-refractivity contribution >= 4 is 34.9 Å². The lowest BCUT2D eigenvalue weighted by Gasteiger charge is -2.29. The zero-order valence-electron chi connectivity index (χ0n) is 24.9. The summed E-state index contributed by atoms with van der Waals surface area (Å²) in [6, 6.07) is 11.5. The first-order chi connectivity index (χ1) is 20.8. The number of hydrogen-bond donors (Lipinski definition) is 3. The summed E-state index contributed by atoms with van der Waals surface area (Å²) in [5, 5.41) is 16.9. The molecule has 3 N–H and O–H groups in total. The number of thioether (sulfide) groups is 1. The van der Waals surface area contributed by atoms with Crippen molar-refractivity contribution in [2.24, 2.45) is 7.05 Å². The Morgan fingerprint density at radius 3 is 2.65 bits per heavy atom. The van der Waals surface area contributed by atoms with E-state index in [0.29, 0.717) is 48.2 Å². The molecule has 224 valence electrons. The summed E-state index contributed by atoms with van der Waals surface area (Å²) in [5.74, 6) is 0.381. The van der Waals surface area contributed by atoms with E-state index in [-0.39, 0.29) is 17.6 Å². The molecule has 2 aromatic heterocycles. The molecule has 0 bridgehead atoms. The van der Waals surface area contributed by atoms with Crippen LogP contribution in [0.2, 0.25) is 0 Å². The molecule has 1 atom stereocenters. The second-order valence-electron chi connectivity index (χ2n) is 11.8. The number of piperidine rings is 1. The number of nitrogens with zero attached hydrogens (tertiary/aromatic N) is 3. The number of aromatic nitrogens is 2. The number of aryl methyl sites for hydroxylation is 1. The number of carbonyl (C=O) groups is 1. The second kappa shape index (κ2) is 12.4. The Hall–Kier alpha value is -3.82. The number of hydrogen-bond acceptors (Lipinski definition) is 7. The Morgan fingerprint density at radius 2 is 1.91 bits per heavy atom. The minimum absolute atomic E-state index is 0.0992. The number of amides is 1. The van der Waals surface area contributed by atoms with Crippen molar-refractivity contribution in [3.63, 3.8) is 0 Å². The molecule has 1 aromatic carbocycles. The van der Waals surface area contributed by atoms with Crippen LogP contribution < -0.4 is 16.2 Å². The highest BCUT2D eigenvalue weighted by Gasteiger charge is 2.29. The van der Waals surface area contributed by atoms with Crippen LogP contribution in [0.25, 0.3) is 11.1 Å². The standard InChI is InChI=1S/C34H39N5O3S/c1-21-27(8-6-9-28(21)36-22(2)31-18-23-7-4-5-10-30(23)43-31)25-17-29(34(42)38(3)20-25)37-32-12-11-24(19-35-32)33(41)39-15-13-26(40)14-16-39/h6,8-9,11-12,17,19-20,26,31,36,40H,2,4-5,7,10,13-16,18H2,1,3H3,(H,35,37). The van der Waals surface area contributed by atoms with Gasteiger partial charge in [0.2, 0.25) is 0 Å². The Labute approximate surface area is 256 Å². The number of aliphatic hydroxyl groups is 1. The van der Waals surface area contributed by atoms with E-state index in [1.807, 2.05) is 30.1 Å². The lowest BCUT2D eigenvalue weighted by molar-refractivity contribution is 0.0546. The van der Waals surface area contributed by atoms with E-state index in [1.165, 1.54) is 31.9 Å². The number of anilines is 3. The minimum Gasteiger partial charge on any atom is -0.393 e. The van der Waals surface area contributed by atoms with Crippen LogP contribution in [0.1, 0.15) is 60.9 Å². The van der Waals surface area contributed by atoms with Crippen LogP contribution in [0.3, 0.4) is 0 Å². The summed E-state index contributed by atoms with van der Waals surface area (Å²) in [7, 11) is 1.74. The van der Waals surface area contributed by atoms with Crippen molar-refractivity contribution < 1.29 is 9.90 Å². The van der Waals surface area contributed by atoms with Crippen molar-refractivity contribution in [2.75, 3.05) is 23.7 Å². The van der Waals surface area contributed by atoms with Crippen LogP contribution in [-0.4, -0.2) is 49.9 Å². The first kappa shape index (κ1) is 29.3. The molecule has 1 amide bonds. The van der Waals surface area contributed by atoms with E-state index in [0.717, 1.165) is 34.5 Å². The Kier molecular flexibility index (Phi) is 8.45. The molecule has 1 saturated heterocycles. The Bertz CT molecular complexity index is 1620. The molecule has 6 rings (SSSR count). The maximum Gasteiger partial charge on any atom is 0.274 e. The summed E-state index contributed by atoms with van der Waals surface area (Å²) in [6.45, 7) is 7.57. The van der Waals surface area contributed by atoms with Crippen LogP contribution in [0.15, 0.2) is 76.3 Å². The number of nitrogens with one attached hydrogen (secondary N) is 2. The SMILES string of the molecule is C=C(Nc1cccc(-c2cc(Nc3ccc(C(=O)N4CCC(O)CC4)cn3)c(=O)n(C)c2)c1C)C1CC2=C(CCCC2)S1. The molecule has 3 aromatic rings. The molecule has 0 spiro atoms. The van der Waals surface area contributed by atoms with Crippen LogP contribution in [-0.2, 0) is 7.05 Å². The first-order valence-electron chi connectivity index (χ1n) is 15.1.